The number of halogens is 6. The van der Waals surface area contributed by atoms with Crippen LogP contribution in [0.1, 0.15) is 36.6 Å². The van der Waals surface area contributed by atoms with Crippen molar-refractivity contribution >= 4 is 54.7 Å². The number of nitrogen functional groups attached to an aromatic ring is 1. The van der Waals surface area contributed by atoms with E-state index in [0.29, 0.717) is 13.0 Å². The van der Waals surface area contributed by atoms with Gasteiger partial charge in [-0.2, -0.15) is 15.2 Å². The van der Waals surface area contributed by atoms with E-state index in [2.05, 4.69) is 15.0 Å². The summed E-state index contributed by atoms with van der Waals surface area (Å²) >= 11 is 7.76. The number of aromatic nitrogens is 3. The lowest BCUT2D eigenvalue weighted by Crippen LogP contribution is -2.43. The van der Waals surface area contributed by atoms with Gasteiger partial charge in [0.25, 0.3) is 6.43 Å². The van der Waals surface area contributed by atoms with E-state index >= 15 is 4.39 Å². The van der Waals surface area contributed by atoms with Gasteiger partial charge in [0.05, 0.1) is 32.8 Å². The zero-order valence-electron chi connectivity index (χ0n) is 25.4. The van der Waals surface area contributed by atoms with Gasteiger partial charge in [0.1, 0.15) is 65.6 Å². The van der Waals surface area contributed by atoms with Crippen molar-refractivity contribution in [1.82, 2.24) is 19.9 Å². The molecule has 0 radical (unpaired) electrons. The van der Waals surface area contributed by atoms with Crippen LogP contribution in [0.25, 0.3) is 32.1 Å². The molecule has 0 aliphatic carbocycles. The molecule has 3 aliphatic heterocycles. The average molecular weight is 718 g/mol. The number of oxazole rings is 1. The van der Waals surface area contributed by atoms with Gasteiger partial charge in [-0.05, 0) is 31.0 Å². The number of rotatable bonds is 7. The molecule has 3 atom stereocenters. The van der Waals surface area contributed by atoms with Crippen LogP contribution < -0.4 is 20.1 Å². The topological polar surface area (TPSA) is 127 Å². The summed E-state index contributed by atoms with van der Waals surface area (Å²) in [7, 11) is 0. The molecule has 6 heterocycles. The summed E-state index contributed by atoms with van der Waals surface area (Å²) in [5, 5.41) is 9.57. The number of hydrogen-bond acceptors (Lipinski definition) is 11. The van der Waals surface area contributed by atoms with Gasteiger partial charge in [0, 0.05) is 23.9 Å². The SMILES string of the molecule is N#Cc1c(N)sc2c(F)ccc(-c3c(Cl)c4c5c(nc(OC[C@@]67CCCN6C[C@H](F)C7)nc5c3F)N(CC(F)F)C(c3cocn3)CO4)c12. The van der Waals surface area contributed by atoms with Gasteiger partial charge in [-0.25, -0.2) is 26.9 Å². The second kappa shape index (κ2) is 11.9. The Morgan fingerprint density at radius 3 is 2.84 bits per heavy atom. The molecule has 0 bridgehead atoms. The molecule has 0 saturated carbocycles. The second-order valence-electron chi connectivity index (χ2n) is 12.3. The number of benzene rings is 2. The van der Waals surface area contributed by atoms with Crippen LogP contribution >= 0.6 is 22.9 Å². The van der Waals surface area contributed by atoms with Crippen molar-refractivity contribution in [1.29, 1.82) is 5.26 Å². The Kier molecular flexibility index (Phi) is 7.69. The molecule has 2 N–H and O–H groups in total. The average Bonchev–Trinajstić information content (AvgIpc) is 3.84. The molecule has 0 spiro atoms. The van der Waals surface area contributed by atoms with Crippen LogP contribution in [-0.4, -0.2) is 70.8 Å². The quantitative estimate of drug-likeness (QED) is 0.175. The van der Waals surface area contributed by atoms with E-state index in [4.69, 9.17) is 31.2 Å². The van der Waals surface area contributed by atoms with E-state index in [1.807, 2.05) is 11.0 Å². The smallest absolute Gasteiger partial charge is 0.319 e. The molecule has 2 fully saturated rings. The lowest BCUT2D eigenvalue weighted by molar-refractivity contribution is 0.107. The first-order chi connectivity index (χ1) is 23.6. The van der Waals surface area contributed by atoms with E-state index in [-0.39, 0.29) is 97.2 Å². The number of nitrogens with two attached hydrogens (primary N) is 1. The Labute approximate surface area is 283 Å². The zero-order chi connectivity index (χ0) is 34.2. The summed E-state index contributed by atoms with van der Waals surface area (Å²) in [4.78, 5) is 16.3. The highest BCUT2D eigenvalue weighted by molar-refractivity contribution is 7.23. The van der Waals surface area contributed by atoms with Crippen LogP contribution in [0.2, 0.25) is 5.02 Å². The number of nitriles is 1. The molecule has 5 aromatic rings. The van der Waals surface area contributed by atoms with Gasteiger partial charge in [-0.15, -0.1) is 11.3 Å². The fraction of sp³-hybridized carbons (Fsp3) is 0.375. The third kappa shape index (κ3) is 5.00. The first kappa shape index (κ1) is 31.8. The Morgan fingerprint density at radius 2 is 2.08 bits per heavy atom. The third-order valence-electron chi connectivity index (χ3n) is 9.53. The van der Waals surface area contributed by atoms with E-state index in [1.165, 1.54) is 17.2 Å². The summed E-state index contributed by atoms with van der Waals surface area (Å²) in [6.07, 6.45) is 0.212. The fourth-order valence-corrected chi connectivity index (χ4v) is 8.71. The van der Waals surface area contributed by atoms with Crippen molar-refractivity contribution in [2.75, 3.05) is 43.5 Å². The maximum Gasteiger partial charge on any atom is 0.319 e. The van der Waals surface area contributed by atoms with Gasteiger partial charge in [-0.3, -0.25) is 4.90 Å². The molecule has 17 heteroatoms. The minimum absolute atomic E-state index is 0.0126. The molecular formula is C32H25ClF5N7O3S. The van der Waals surface area contributed by atoms with Crippen LogP contribution in [0, 0.1) is 23.0 Å². The minimum Gasteiger partial charge on any atom is -0.489 e. The van der Waals surface area contributed by atoms with Crippen molar-refractivity contribution in [3.8, 4) is 29.0 Å². The van der Waals surface area contributed by atoms with Crippen LogP contribution in [0.3, 0.4) is 0 Å². The molecule has 1 unspecified atom stereocenters. The normalized spacial score (nSPS) is 22.1. The summed E-state index contributed by atoms with van der Waals surface area (Å²) in [6.45, 7) is -0.239. The molecule has 2 aromatic carbocycles. The van der Waals surface area contributed by atoms with Crippen LogP contribution in [0.4, 0.5) is 32.8 Å². The fourth-order valence-electron chi connectivity index (χ4n) is 7.43. The Hall–Kier alpha value is -4.46. The number of anilines is 2. The number of nitrogens with zero attached hydrogens (tertiary/aromatic N) is 6. The number of alkyl halides is 3. The highest BCUT2D eigenvalue weighted by atomic mass is 35.5. The molecular weight excluding hydrogens is 693 g/mol. The third-order valence-corrected chi connectivity index (χ3v) is 10.9. The van der Waals surface area contributed by atoms with Gasteiger partial charge in [-0.1, -0.05) is 17.7 Å². The van der Waals surface area contributed by atoms with E-state index in [0.717, 1.165) is 30.2 Å². The summed E-state index contributed by atoms with van der Waals surface area (Å²) in [6, 6.07) is 2.99. The highest BCUT2D eigenvalue weighted by Crippen LogP contribution is 2.52. The van der Waals surface area contributed by atoms with Crippen molar-refractivity contribution < 1.29 is 35.8 Å². The Bertz CT molecular complexity index is 2160. The molecule has 10 nitrogen and oxygen atoms in total. The summed E-state index contributed by atoms with van der Waals surface area (Å²) in [5.74, 6) is -1.99. The van der Waals surface area contributed by atoms with Gasteiger partial charge in [0.15, 0.2) is 18.0 Å². The number of hydrogen-bond donors (Lipinski definition) is 1. The predicted molar refractivity (Wildman–Crippen MR) is 171 cm³/mol. The zero-order valence-corrected chi connectivity index (χ0v) is 26.9. The van der Waals surface area contributed by atoms with Crippen LogP contribution in [-0.2, 0) is 0 Å². The predicted octanol–water partition coefficient (Wildman–Crippen LogP) is 7.05. The first-order valence-corrected chi connectivity index (χ1v) is 16.5. The number of thiophene rings is 1. The molecule has 8 rings (SSSR count). The standard InChI is InChI=1S/C32H25ClF5N7O3S/c33-24-22(15-2-3-17(35)28-21(15)16(7-39)29(40)49-28)25(38)26-23-27(24)47-11-19(18-10-46-13-41-18)45(9-20(36)37)30(23)43-31(42-26)48-12-32-4-1-5-44(32)8-14(34)6-32/h2-3,10,13-14,19-20H,1,4-6,8-9,11-12,40H2/t14-,19?,32+/m1/s1. The van der Waals surface area contributed by atoms with Gasteiger partial charge >= 0.3 is 6.01 Å². The molecule has 2 saturated heterocycles. The first-order valence-electron chi connectivity index (χ1n) is 15.3. The van der Waals surface area contributed by atoms with Crippen LogP contribution in [0.5, 0.6) is 11.8 Å². The second-order valence-corrected chi connectivity index (χ2v) is 13.7. The number of ether oxygens (including phenoxy) is 2. The van der Waals surface area contributed by atoms with E-state index in [9.17, 15) is 22.8 Å². The summed E-state index contributed by atoms with van der Waals surface area (Å²) in [5.41, 5.74) is 4.96. The molecule has 49 heavy (non-hydrogen) atoms. The monoisotopic (exact) mass is 717 g/mol. The number of fused-ring (bicyclic) bond motifs is 2. The Balaban J connectivity index is 1.37. The van der Waals surface area contributed by atoms with Crippen molar-refractivity contribution in [2.24, 2.45) is 0 Å². The highest BCUT2D eigenvalue weighted by Gasteiger charge is 2.49. The lowest BCUT2D eigenvalue weighted by Gasteiger charge is -2.31. The maximum absolute atomic E-state index is 17.1. The van der Waals surface area contributed by atoms with Gasteiger partial charge < -0.3 is 24.5 Å². The van der Waals surface area contributed by atoms with Crippen molar-refractivity contribution in [3.05, 3.63) is 52.7 Å². The lowest BCUT2D eigenvalue weighted by atomic mass is 9.95. The van der Waals surface area contributed by atoms with E-state index in [1.54, 1.807) is 0 Å². The molecule has 3 aliphatic rings. The van der Waals surface area contributed by atoms with Crippen molar-refractivity contribution in [2.45, 2.75) is 43.4 Å². The Morgan fingerprint density at radius 1 is 1.24 bits per heavy atom. The largest absolute Gasteiger partial charge is 0.489 e. The molecule has 3 aromatic heterocycles. The van der Waals surface area contributed by atoms with Gasteiger partial charge in [0.2, 0.25) is 0 Å². The summed E-state index contributed by atoms with van der Waals surface area (Å²) < 4.78 is 92.6. The minimum atomic E-state index is -2.88. The van der Waals surface area contributed by atoms with Crippen LogP contribution in [0.15, 0.2) is 29.2 Å². The maximum atomic E-state index is 17.1. The molecule has 254 valence electrons. The molecule has 0 amide bonds. The van der Waals surface area contributed by atoms with E-state index < -0.39 is 42.4 Å². The van der Waals surface area contributed by atoms with Crippen molar-refractivity contribution in [3.63, 3.8) is 0 Å².